The van der Waals surface area contributed by atoms with Crippen molar-refractivity contribution in [2.45, 2.75) is 12.8 Å². The lowest BCUT2D eigenvalue weighted by molar-refractivity contribution is 0.895. The fourth-order valence-corrected chi connectivity index (χ4v) is 1.24. The van der Waals surface area contributed by atoms with Crippen molar-refractivity contribution in [1.82, 2.24) is 4.98 Å². The van der Waals surface area contributed by atoms with Gasteiger partial charge in [-0.25, -0.2) is 0 Å². The SMILES string of the molecule is NCCc1ccncc1CCN. The molecule has 0 saturated heterocycles. The van der Waals surface area contributed by atoms with Crippen LogP contribution in [0.3, 0.4) is 0 Å². The van der Waals surface area contributed by atoms with Crippen LogP contribution >= 0.6 is 0 Å². The zero-order valence-corrected chi connectivity index (χ0v) is 7.16. The topological polar surface area (TPSA) is 64.9 Å². The number of aromatic nitrogens is 1. The van der Waals surface area contributed by atoms with E-state index in [-0.39, 0.29) is 0 Å². The van der Waals surface area contributed by atoms with Gasteiger partial charge in [0.25, 0.3) is 0 Å². The quantitative estimate of drug-likeness (QED) is 0.664. The van der Waals surface area contributed by atoms with E-state index in [9.17, 15) is 0 Å². The van der Waals surface area contributed by atoms with Gasteiger partial charge in [0, 0.05) is 12.4 Å². The Kier molecular flexibility index (Phi) is 3.70. The van der Waals surface area contributed by atoms with Crippen molar-refractivity contribution in [3.05, 3.63) is 29.6 Å². The van der Waals surface area contributed by atoms with Gasteiger partial charge in [0.1, 0.15) is 0 Å². The largest absolute Gasteiger partial charge is 0.330 e. The Balaban J connectivity index is 2.77. The molecular weight excluding hydrogens is 150 g/mol. The van der Waals surface area contributed by atoms with Crippen LogP contribution < -0.4 is 11.5 Å². The first kappa shape index (κ1) is 9.16. The lowest BCUT2D eigenvalue weighted by Crippen LogP contribution is -2.09. The molecule has 66 valence electrons. The number of rotatable bonds is 4. The summed E-state index contributed by atoms with van der Waals surface area (Å²) in [6.07, 6.45) is 5.48. The molecule has 1 heterocycles. The first-order valence-electron chi connectivity index (χ1n) is 4.20. The Bertz CT molecular complexity index is 210. The van der Waals surface area contributed by atoms with Crippen LogP contribution in [-0.2, 0) is 12.8 Å². The van der Waals surface area contributed by atoms with Crippen molar-refractivity contribution >= 4 is 0 Å². The van der Waals surface area contributed by atoms with Gasteiger partial charge in [-0.05, 0) is 43.1 Å². The van der Waals surface area contributed by atoms with Crippen molar-refractivity contribution in [1.29, 1.82) is 0 Å². The second-order valence-electron chi connectivity index (χ2n) is 2.72. The average Bonchev–Trinajstić information content (AvgIpc) is 2.09. The van der Waals surface area contributed by atoms with E-state index in [0.717, 1.165) is 12.8 Å². The maximum absolute atomic E-state index is 5.47. The van der Waals surface area contributed by atoms with E-state index in [4.69, 9.17) is 11.5 Å². The molecule has 1 aromatic rings. The summed E-state index contributed by atoms with van der Waals surface area (Å²) in [7, 11) is 0. The molecule has 12 heavy (non-hydrogen) atoms. The third-order valence-electron chi connectivity index (χ3n) is 1.83. The molecule has 0 saturated carbocycles. The van der Waals surface area contributed by atoms with Crippen molar-refractivity contribution in [3.8, 4) is 0 Å². The lowest BCUT2D eigenvalue weighted by atomic mass is 10.1. The molecule has 0 aliphatic rings. The minimum atomic E-state index is 0.670. The summed E-state index contributed by atoms with van der Waals surface area (Å²) in [6, 6.07) is 2.01. The summed E-state index contributed by atoms with van der Waals surface area (Å²) >= 11 is 0. The standard InChI is InChI=1S/C9H15N3/c10-4-1-8-3-6-12-7-9(8)2-5-11/h3,6-7H,1-2,4-5,10-11H2. The van der Waals surface area contributed by atoms with E-state index in [1.165, 1.54) is 11.1 Å². The Morgan fingerprint density at radius 2 is 1.75 bits per heavy atom. The van der Waals surface area contributed by atoms with Crippen LogP contribution in [0.1, 0.15) is 11.1 Å². The van der Waals surface area contributed by atoms with Crippen LogP contribution in [0.5, 0.6) is 0 Å². The first-order chi connectivity index (χ1) is 5.88. The van der Waals surface area contributed by atoms with Crippen LogP contribution in [-0.4, -0.2) is 18.1 Å². The maximum atomic E-state index is 5.47. The van der Waals surface area contributed by atoms with Gasteiger partial charge in [-0.15, -0.1) is 0 Å². The van der Waals surface area contributed by atoms with Crippen molar-refractivity contribution in [3.63, 3.8) is 0 Å². The van der Waals surface area contributed by atoms with Gasteiger partial charge >= 0.3 is 0 Å². The summed E-state index contributed by atoms with van der Waals surface area (Å²) in [4.78, 5) is 4.05. The lowest BCUT2D eigenvalue weighted by Gasteiger charge is -2.05. The molecule has 1 aromatic heterocycles. The molecule has 0 fully saturated rings. The molecule has 0 unspecified atom stereocenters. The van der Waals surface area contributed by atoms with Crippen molar-refractivity contribution in [2.75, 3.05) is 13.1 Å². The molecule has 0 atom stereocenters. The van der Waals surface area contributed by atoms with E-state index in [2.05, 4.69) is 4.98 Å². The predicted molar refractivity (Wildman–Crippen MR) is 49.8 cm³/mol. The highest BCUT2D eigenvalue weighted by Crippen LogP contribution is 2.07. The first-order valence-corrected chi connectivity index (χ1v) is 4.20. The molecule has 0 aliphatic carbocycles. The van der Waals surface area contributed by atoms with Gasteiger partial charge < -0.3 is 11.5 Å². The summed E-state index contributed by atoms with van der Waals surface area (Å²) in [5, 5.41) is 0. The number of hydrogen-bond acceptors (Lipinski definition) is 3. The third-order valence-corrected chi connectivity index (χ3v) is 1.83. The minimum absolute atomic E-state index is 0.670. The maximum Gasteiger partial charge on any atom is 0.0303 e. The predicted octanol–water partition coefficient (Wildman–Crippen LogP) is 0.0840. The Morgan fingerprint density at radius 3 is 2.42 bits per heavy atom. The highest BCUT2D eigenvalue weighted by Gasteiger charge is 1.99. The van der Waals surface area contributed by atoms with Crippen molar-refractivity contribution < 1.29 is 0 Å². The van der Waals surface area contributed by atoms with E-state index in [0.29, 0.717) is 13.1 Å². The number of nitrogens with zero attached hydrogens (tertiary/aromatic N) is 1. The van der Waals surface area contributed by atoms with E-state index < -0.39 is 0 Å². The van der Waals surface area contributed by atoms with Gasteiger partial charge in [0.2, 0.25) is 0 Å². The third kappa shape index (κ3) is 2.29. The fourth-order valence-electron chi connectivity index (χ4n) is 1.24. The molecule has 0 radical (unpaired) electrons. The zero-order valence-electron chi connectivity index (χ0n) is 7.16. The summed E-state index contributed by atoms with van der Waals surface area (Å²) in [6.45, 7) is 1.35. The Hall–Kier alpha value is -0.930. The summed E-state index contributed by atoms with van der Waals surface area (Å²) in [5.41, 5.74) is 13.4. The fraction of sp³-hybridized carbons (Fsp3) is 0.444. The molecule has 4 N–H and O–H groups in total. The molecule has 0 aromatic carbocycles. The highest BCUT2D eigenvalue weighted by molar-refractivity contribution is 5.23. The van der Waals surface area contributed by atoms with Gasteiger partial charge in [0.15, 0.2) is 0 Å². The number of pyridine rings is 1. The van der Waals surface area contributed by atoms with E-state index in [1.807, 2.05) is 12.3 Å². The van der Waals surface area contributed by atoms with Crippen LogP contribution in [0.4, 0.5) is 0 Å². The van der Waals surface area contributed by atoms with Crippen LogP contribution in [0.25, 0.3) is 0 Å². The molecule has 1 rings (SSSR count). The van der Waals surface area contributed by atoms with Crippen molar-refractivity contribution in [2.24, 2.45) is 11.5 Å². The normalized spacial score (nSPS) is 10.2. The second-order valence-corrected chi connectivity index (χ2v) is 2.72. The molecule has 0 spiro atoms. The molecule has 0 bridgehead atoms. The van der Waals surface area contributed by atoms with Crippen LogP contribution in [0, 0.1) is 0 Å². The average molecular weight is 165 g/mol. The van der Waals surface area contributed by atoms with Crippen LogP contribution in [0.2, 0.25) is 0 Å². The monoisotopic (exact) mass is 165 g/mol. The molecular formula is C9H15N3. The van der Waals surface area contributed by atoms with Gasteiger partial charge in [-0.2, -0.15) is 0 Å². The van der Waals surface area contributed by atoms with Crippen LogP contribution in [0.15, 0.2) is 18.5 Å². The van der Waals surface area contributed by atoms with E-state index in [1.54, 1.807) is 6.20 Å². The summed E-state index contributed by atoms with van der Waals surface area (Å²) in [5.74, 6) is 0. The molecule has 3 nitrogen and oxygen atoms in total. The highest BCUT2D eigenvalue weighted by atomic mass is 14.6. The smallest absolute Gasteiger partial charge is 0.0303 e. The molecule has 0 aliphatic heterocycles. The zero-order chi connectivity index (χ0) is 8.81. The summed E-state index contributed by atoms with van der Waals surface area (Å²) < 4.78 is 0. The van der Waals surface area contributed by atoms with E-state index >= 15 is 0 Å². The van der Waals surface area contributed by atoms with Gasteiger partial charge in [-0.3, -0.25) is 4.98 Å². The Labute approximate surface area is 72.8 Å². The second kappa shape index (κ2) is 4.85. The van der Waals surface area contributed by atoms with Gasteiger partial charge in [-0.1, -0.05) is 0 Å². The molecule has 0 amide bonds. The number of nitrogens with two attached hydrogens (primary N) is 2. The number of hydrogen-bond donors (Lipinski definition) is 2. The Morgan fingerprint density at radius 1 is 1.08 bits per heavy atom. The van der Waals surface area contributed by atoms with Gasteiger partial charge in [0.05, 0.1) is 0 Å². The minimum Gasteiger partial charge on any atom is -0.330 e. The molecule has 3 heteroatoms.